The highest BCUT2D eigenvalue weighted by molar-refractivity contribution is 6.04. The van der Waals surface area contributed by atoms with Crippen molar-refractivity contribution in [1.82, 2.24) is 0 Å². The topological polar surface area (TPSA) is 49.3 Å². The number of anilines is 1. The third-order valence-corrected chi connectivity index (χ3v) is 2.93. The largest absolute Gasteiger partial charge is 0.389 e. The maximum Gasteiger partial charge on any atom is 0.255 e. The second-order valence-corrected chi connectivity index (χ2v) is 4.62. The molecule has 0 aromatic heterocycles. The Bertz CT molecular complexity index is 574. The van der Waals surface area contributed by atoms with Crippen LogP contribution in [0.15, 0.2) is 48.5 Å². The fourth-order valence-electron chi connectivity index (χ4n) is 1.83. The molecule has 0 heterocycles. The van der Waals surface area contributed by atoms with Gasteiger partial charge in [0.2, 0.25) is 0 Å². The van der Waals surface area contributed by atoms with Gasteiger partial charge in [-0.3, -0.25) is 4.79 Å². The van der Waals surface area contributed by atoms with E-state index in [2.05, 4.69) is 5.32 Å². The standard InChI is InChI=1S/C16H17NO2/c1-11-4-3-5-14(10-11)16(19)17-15-8-6-13(7-9-15)12(2)18/h3-10,12,18H,1-2H3,(H,17,19). The highest BCUT2D eigenvalue weighted by Gasteiger charge is 2.06. The molecule has 0 aliphatic carbocycles. The predicted octanol–water partition coefficient (Wildman–Crippen LogP) is 3.30. The number of aliphatic hydroxyl groups excluding tert-OH is 1. The van der Waals surface area contributed by atoms with Gasteiger partial charge in [-0.2, -0.15) is 0 Å². The molecule has 0 saturated carbocycles. The number of amides is 1. The van der Waals surface area contributed by atoms with Crippen molar-refractivity contribution >= 4 is 11.6 Å². The molecule has 0 aliphatic heterocycles. The summed E-state index contributed by atoms with van der Waals surface area (Å²) in [7, 11) is 0. The summed E-state index contributed by atoms with van der Waals surface area (Å²) in [5, 5.41) is 12.2. The van der Waals surface area contributed by atoms with Crippen LogP contribution < -0.4 is 5.32 Å². The number of aryl methyl sites for hydroxylation is 1. The van der Waals surface area contributed by atoms with E-state index in [4.69, 9.17) is 0 Å². The van der Waals surface area contributed by atoms with Crippen LogP contribution in [0.1, 0.15) is 34.5 Å². The van der Waals surface area contributed by atoms with E-state index in [9.17, 15) is 9.90 Å². The van der Waals surface area contributed by atoms with Gasteiger partial charge in [0.15, 0.2) is 0 Å². The van der Waals surface area contributed by atoms with Gasteiger partial charge in [-0.1, -0.05) is 29.8 Å². The second kappa shape index (κ2) is 5.67. The maximum absolute atomic E-state index is 12.0. The van der Waals surface area contributed by atoms with Crippen molar-refractivity contribution in [1.29, 1.82) is 0 Å². The van der Waals surface area contributed by atoms with E-state index in [-0.39, 0.29) is 5.91 Å². The minimum absolute atomic E-state index is 0.131. The Morgan fingerprint density at radius 2 is 1.84 bits per heavy atom. The average Bonchev–Trinajstić information content (AvgIpc) is 2.39. The van der Waals surface area contributed by atoms with Crippen molar-refractivity contribution in [2.45, 2.75) is 20.0 Å². The van der Waals surface area contributed by atoms with Crippen LogP contribution in [0.2, 0.25) is 0 Å². The molecular formula is C16H17NO2. The number of nitrogens with one attached hydrogen (secondary N) is 1. The first kappa shape index (κ1) is 13.3. The summed E-state index contributed by atoms with van der Waals surface area (Å²) in [5.41, 5.74) is 3.24. The molecule has 0 bridgehead atoms. The monoisotopic (exact) mass is 255 g/mol. The molecule has 0 fully saturated rings. The maximum atomic E-state index is 12.0. The Kier molecular flexibility index (Phi) is 3.97. The first-order valence-electron chi connectivity index (χ1n) is 6.22. The lowest BCUT2D eigenvalue weighted by Crippen LogP contribution is -2.11. The Balaban J connectivity index is 2.10. The van der Waals surface area contributed by atoms with E-state index in [1.54, 1.807) is 37.3 Å². The second-order valence-electron chi connectivity index (χ2n) is 4.62. The van der Waals surface area contributed by atoms with Gasteiger partial charge < -0.3 is 10.4 Å². The lowest BCUT2D eigenvalue weighted by atomic mass is 10.1. The number of carbonyl (C=O) groups excluding carboxylic acids is 1. The molecule has 3 nitrogen and oxygen atoms in total. The summed E-state index contributed by atoms with van der Waals surface area (Å²) < 4.78 is 0. The van der Waals surface area contributed by atoms with Crippen molar-refractivity contribution in [3.8, 4) is 0 Å². The molecule has 0 radical (unpaired) electrons. The van der Waals surface area contributed by atoms with Crippen molar-refractivity contribution in [2.24, 2.45) is 0 Å². The fraction of sp³-hybridized carbons (Fsp3) is 0.188. The van der Waals surface area contributed by atoms with Crippen LogP contribution in [-0.4, -0.2) is 11.0 Å². The van der Waals surface area contributed by atoms with E-state index in [1.165, 1.54) is 0 Å². The third kappa shape index (κ3) is 3.42. The molecule has 19 heavy (non-hydrogen) atoms. The molecule has 1 atom stereocenters. The van der Waals surface area contributed by atoms with Gasteiger partial charge in [0.25, 0.3) is 5.91 Å². The molecule has 98 valence electrons. The minimum Gasteiger partial charge on any atom is -0.389 e. The van der Waals surface area contributed by atoms with Crippen LogP contribution in [0.5, 0.6) is 0 Å². The quantitative estimate of drug-likeness (QED) is 0.884. The zero-order chi connectivity index (χ0) is 13.8. The molecule has 1 amide bonds. The Hall–Kier alpha value is -2.13. The molecular weight excluding hydrogens is 238 g/mol. The van der Waals surface area contributed by atoms with E-state index in [1.807, 2.05) is 25.1 Å². The van der Waals surface area contributed by atoms with Gasteiger partial charge in [0.05, 0.1) is 6.10 Å². The third-order valence-electron chi connectivity index (χ3n) is 2.93. The van der Waals surface area contributed by atoms with Crippen LogP contribution >= 0.6 is 0 Å². The van der Waals surface area contributed by atoms with E-state index >= 15 is 0 Å². The highest BCUT2D eigenvalue weighted by atomic mass is 16.3. The zero-order valence-electron chi connectivity index (χ0n) is 11.1. The number of carbonyl (C=O) groups is 1. The van der Waals surface area contributed by atoms with E-state index in [0.29, 0.717) is 5.56 Å². The van der Waals surface area contributed by atoms with Crippen molar-refractivity contribution in [3.63, 3.8) is 0 Å². The van der Waals surface area contributed by atoms with Gasteiger partial charge in [-0.15, -0.1) is 0 Å². The Morgan fingerprint density at radius 3 is 2.42 bits per heavy atom. The molecule has 0 saturated heterocycles. The number of benzene rings is 2. The van der Waals surface area contributed by atoms with Crippen molar-refractivity contribution in [3.05, 3.63) is 65.2 Å². The number of hydrogen-bond acceptors (Lipinski definition) is 2. The molecule has 2 aromatic rings. The summed E-state index contributed by atoms with van der Waals surface area (Å²) in [6.07, 6.45) is -0.499. The minimum atomic E-state index is -0.499. The molecule has 3 heteroatoms. The van der Waals surface area contributed by atoms with E-state index in [0.717, 1.165) is 16.8 Å². The van der Waals surface area contributed by atoms with Crippen LogP contribution in [0.4, 0.5) is 5.69 Å². The van der Waals surface area contributed by atoms with Crippen LogP contribution in [-0.2, 0) is 0 Å². The molecule has 0 aliphatic rings. The van der Waals surface area contributed by atoms with Crippen LogP contribution in [0.25, 0.3) is 0 Å². The average molecular weight is 255 g/mol. The Morgan fingerprint density at radius 1 is 1.16 bits per heavy atom. The zero-order valence-corrected chi connectivity index (χ0v) is 11.1. The molecule has 2 aromatic carbocycles. The Labute approximate surface area is 112 Å². The lowest BCUT2D eigenvalue weighted by molar-refractivity contribution is 0.102. The van der Waals surface area contributed by atoms with Gasteiger partial charge in [0.1, 0.15) is 0 Å². The first-order chi connectivity index (χ1) is 9.06. The summed E-state index contributed by atoms with van der Waals surface area (Å²) in [6.45, 7) is 3.66. The lowest BCUT2D eigenvalue weighted by Gasteiger charge is -2.08. The summed E-state index contributed by atoms with van der Waals surface area (Å²) >= 11 is 0. The van der Waals surface area contributed by atoms with Gasteiger partial charge >= 0.3 is 0 Å². The summed E-state index contributed by atoms with van der Waals surface area (Å²) in [6, 6.07) is 14.6. The normalized spacial score (nSPS) is 11.9. The predicted molar refractivity (Wildman–Crippen MR) is 76.2 cm³/mol. The van der Waals surface area contributed by atoms with Crippen molar-refractivity contribution < 1.29 is 9.90 Å². The van der Waals surface area contributed by atoms with Gasteiger partial charge in [-0.05, 0) is 43.7 Å². The smallest absolute Gasteiger partial charge is 0.255 e. The SMILES string of the molecule is Cc1cccc(C(=O)Nc2ccc(C(C)O)cc2)c1. The summed E-state index contributed by atoms with van der Waals surface area (Å²) in [5.74, 6) is -0.131. The number of rotatable bonds is 3. The molecule has 1 unspecified atom stereocenters. The summed E-state index contributed by atoms with van der Waals surface area (Å²) in [4.78, 5) is 12.0. The molecule has 0 spiro atoms. The van der Waals surface area contributed by atoms with Crippen molar-refractivity contribution in [2.75, 3.05) is 5.32 Å². The van der Waals surface area contributed by atoms with Gasteiger partial charge in [0, 0.05) is 11.3 Å². The van der Waals surface area contributed by atoms with Crippen LogP contribution in [0.3, 0.4) is 0 Å². The molecule has 2 N–H and O–H groups in total. The molecule has 2 rings (SSSR count). The number of aliphatic hydroxyl groups is 1. The first-order valence-corrected chi connectivity index (χ1v) is 6.22. The fourth-order valence-corrected chi connectivity index (χ4v) is 1.83. The van der Waals surface area contributed by atoms with Gasteiger partial charge in [-0.25, -0.2) is 0 Å². The highest BCUT2D eigenvalue weighted by Crippen LogP contribution is 2.16. The van der Waals surface area contributed by atoms with Crippen LogP contribution in [0, 0.1) is 6.92 Å². The van der Waals surface area contributed by atoms with E-state index < -0.39 is 6.10 Å². The number of hydrogen-bond donors (Lipinski definition) is 2.